The van der Waals surface area contributed by atoms with Crippen LogP contribution in [0.4, 0.5) is 0 Å². The van der Waals surface area contributed by atoms with Gasteiger partial charge >= 0.3 is 0 Å². The van der Waals surface area contributed by atoms with Crippen molar-refractivity contribution in [3.63, 3.8) is 0 Å². The fraction of sp³-hybridized carbons (Fsp3) is 0.200. The molecule has 0 aliphatic rings. The number of benzene rings is 2. The number of hydrogen-bond donors (Lipinski definition) is 1. The summed E-state index contributed by atoms with van der Waals surface area (Å²) in [7, 11) is 1.56. The molecular formula is C20H19ClN2O2S. The van der Waals surface area contributed by atoms with E-state index in [1.54, 1.807) is 7.11 Å². The predicted octanol–water partition coefficient (Wildman–Crippen LogP) is 4.17. The first kappa shape index (κ1) is 18.4. The third-order valence-electron chi connectivity index (χ3n) is 4.46. The second kappa shape index (κ2) is 7.09. The van der Waals surface area contributed by atoms with E-state index < -0.39 is 5.91 Å². The van der Waals surface area contributed by atoms with Crippen molar-refractivity contribution < 1.29 is 9.53 Å². The number of nitrogens with two attached hydrogens (primary N) is 1. The largest absolute Gasteiger partial charge is 0.495 e. The van der Waals surface area contributed by atoms with Crippen molar-refractivity contribution >= 4 is 45.6 Å². The summed E-state index contributed by atoms with van der Waals surface area (Å²) in [4.78, 5) is 12.2. The highest BCUT2D eigenvalue weighted by Gasteiger charge is 2.20. The van der Waals surface area contributed by atoms with E-state index in [1.807, 2.05) is 54.8 Å². The van der Waals surface area contributed by atoms with Gasteiger partial charge in [-0.3, -0.25) is 4.79 Å². The number of carbonyl (C=O) groups is 1. The molecule has 3 rings (SSSR count). The van der Waals surface area contributed by atoms with Crippen molar-refractivity contribution in [2.45, 2.75) is 20.3 Å². The van der Waals surface area contributed by atoms with Crippen LogP contribution in [0.2, 0.25) is 5.02 Å². The van der Waals surface area contributed by atoms with Gasteiger partial charge in [-0.15, -0.1) is 0 Å². The van der Waals surface area contributed by atoms with Crippen LogP contribution < -0.4 is 10.5 Å². The third kappa shape index (κ3) is 3.20. The maximum absolute atomic E-state index is 11.6. The zero-order valence-corrected chi connectivity index (χ0v) is 16.4. The fourth-order valence-electron chi connectivity index (χ4n) is 3.12. The van der Waals surface area contributed by atoms with Crippen LogP contribution in [0.25, 0.3) is 10.9 Å². The number of fused-ring (bicyclic) bond motifs is 1. The molecule has 0 saturated carbocycles. The number of aromatic nitrogens is 1. The molecular weight excluding hydrogens is 368 g/mol. The number of hydrogen-bond acceptors (Lipinski definition) is 3. The number of halogens is 1. The van der Waals surface area contributed by atoms with Gasteiger partial charge in [0.15, 0.2) is 0 Å². The molecule has 26 heavy (non-hydrogen) atoms. The van der Waals surface area contributed by atoms with E-state index in [9.17, 15) is 4.79 Å². The van der Waals surface area contributed by atoms with Crippen LogP contribution >= 0.6 is 23.8 Å². The standard InChI is InChI=1S/C20H19ClN2O2S/c1-11-4-6-13(7-5-11)20(26)23-12(2)14(9-19(22)24)15-8-18(25-3)16(21)10-17(15)23/h4-8,10H,9H2,1-3H3,(H2,22,24). The molecule has 4 nitrogen and oxygen atoms in total. The van der Waals surface area contributed by atoms with Gasteiger partial charge in [0.05, 0.1) is 24.1 Å². The van der Waals surface area contributed by atoms with Gasteiger partial charge < -0.3 is 15.0 Å². The molecule has 0 atom stereocenters. The highest BCUT2D eigenvalue weighted by Crippen LogP contribution is 2.35. The van der Waals surface area contributed by atoms with Gasteiger partial charge in [0.1, 0.15) is 10.7 Å². The van der Waals surface area contributed by atoms with Crippen molar-refractivity contribution in [2.75, 3.05) is 7.11 Å². The summed E-state index contributed by atoms with van der Waals surface area (Å²) in [5, 5.41) is 1.34. The Morgan fingerprint density at radius 2 is 1.88 bits per heavy atom. The average molecular weight is 387 g/mol. The number of amides is 1. The number of ether oxygens (including phenoxy) is 1. The first-order chi connectivity index (χ1) is 12.3. The molecule has 0 spiro atoms. The van der Waals surface area contributed by atoms with Crippen LogP contribution in [0, 0.1) is 13.8 Å². The van der Waals surface area contributed by atoms with Crippen molar-refractivity contribution in [3.05, 3.63) is 63.8 Å². The monoisotopic (exact) mass is 386 g/mol. The molecule has 0 radical (unpaired) electrons. The molecule has 2 N–H and O–H groups in total. The lowest BCUT2D eigenvalue weighted by molar-refractivity contribution is -0.117. The Kier molecular flexibility index (Phi) is 5.03. The molecule has 6 heteroatoms. The molecule has 0 aliphatic heterocycles. The molecule has 0 bridgehead atoms. The highest BCUT2D eigenvalue weighted by atomic mass is 35.5. The summed E-state index contributed by atoms with van der Waals surface area (Å²) in [6.45, 7) is 3.96. The first-order valence-corrected chi connectivity index (χ1v) is 8.89. The van der Waals surface area contributed by atoms with E-state index in [2.05, 4.69) is 0 Å². The minimum Gasteiger partial charge on any atom is -0.495 e. The molecule has 3 aromatic rings. The van der Waals surface area contributed by atoms with E-state index in [0.717, 1.165) is 33.3 Å². The number of rotatable bonds is 4. The summed E-state index contributed by atoms with van der Waals surface area (Å²) < 4.78 is 7.27. The van der Waals surface area contributed by atoms with Gasteiger partial charge in [-0.25, -0.2) is 0 Å². The van der Waals surface area contributed by atoms with E-state index in [4.69, 9.17) is 34.3 Å². The van der Waals surface area contributed by atoms with E-state index in [0.29, 0.717) is 15.8 Å². The summed E-state index contributed by atoms with van der Waals surface area (Å²) in [5.41, 5.74) is 10.1. The fourth-order valence-corrected chi connectivity index (χ4v) is 3.73. The molecule has 0 saturated heterocycles. The van der Waals surface area contributed by atoms with Gasteiger partial charge in [-0.05, 0) is 31.5 Å². The summed E-state index contributed by atoms with van der Waals surface area (Å²) in [6, 6.07) is 11.7. The van der Waals surface area contributed by atoms with Crippen LogP contribution in [0.15, 0.2) is 36.4 Å². The number of nitrogens with zero attached hydrogens (tertiary/aromatic N) is 1. The molecule has 2 aromatic carbocycles. The Morgan fingerprint density at radius 1 is 1.23 bits per heavy atom. The number of primary amides is 1. The molecule has 134 valence electrons. The Morgan fingerprint density at radius 3 is 2.46 bits per heavy atom. The maximum Gasteiger partial charge on any atom is 0.221 e. The lowest BCUT2D eigenvalue weighted by Crippen LogP contribution is -2.16. The Balaban J connectivity index is 2.28. The molecule has 0 unspecified atom stereocenters. The van der Waals surface area contributed by atoms with Crippen LogP contribution in [-0.2, 0) is 11.2 Å². The van der Waals surface area contributed by atoms with E-state index >= 15 is 0 Å². The predicted molar refractivity (Wildman–Crippen MR) is 109 cm³/mol. The van der Waals surface area contributed by atoms with E-state index in [-0.39, 0.29) is 6.42 Å². The lowest BCUT2D eigenvalue weighted by atomic mass is 10.1. The Hall–Kier alpha value is -2.37. The SMILES string of the molecule is COc1cc2c(CC(N)=O)c(C)n(C(=S)c3ccc(C)cc3)c2cc1Cl. The van der Waals surface area contributed by atoms with Crippen LogP contribution in [-0.4, -0.2) is 22.6 Å². The zero-order valence-electron chi connectivity index (χ0n) is 14.8. The van der Waals surface area contributed by atoms with Crippen LogP contribution in [0.5, 0.6) is 5.75 Å². The lowest BCUT2D eigenvalue weighted by Gasteiger charge is -2.11. The Bertz CT molecular complexity index is 1020. The van der Waals surface area contributed by atoms with Crippen molar-refractivity contribution in [1.82, 2.24) is 4.57 Å². The van der Waals surface area contributed by atoms with Crippen LogP contribution in [0.1, 0.15) is 22.4 Å². The van der Waals surface area contributed by atoms with Gasteiger partial charge in [0.2, 0.25) is 5.91 Å². The van der Waals surface area contributed by atoms with Crippen molar-refractivity contribution in [1.29, 1.82) is 0 Å². The molecule has 1 heterocycles. The topological polar surface area (TPSA) is 57.2 Å². The summed E-state index contributed by atoms with van der Waals surface area (Å²) in [5.74, 6) is 0.144. The summed E-state index contributed by atoms with van der Waals surface area (Å²) >= 11 is 12.1. The normalized spacial score (nSPS) is 10.9. The first-order valence-electron chi connectivity index (χ1n) is 8.10. The minimum absolute atomic E-state index is 0.122. The third-order valence-corrected chi connectivity index (χ3v) is 5.17. The second-order valence-corrected chi connectivity index (χ2v) is 7.01. The zero-order chi connectivity index (χ0) is 19.0. The number of aryl methyl sites for hydroxylation is 1. The quantitative estimate of drug-likeness (QED) is 0.684. The maximum atomic E-state index is 11.6. The number of methoxy groups -OCH3 is 1. The molecule has 0 fully saturated rings. The van der Waals surface area contributed by atoms with E-state index in [1.165, 1.54) is 0 Å². The number of thiocarbonyl (C=S) groups is 1. The van der Waals surface area contributed by atoms with Crippen molar-refractivity contribution in [2.24, 2.45) is 5.73 Å². The van der Waals surface area contributed by atoms with Crippen LogP contribution in [0.3, 0.4) is 0 Å². The van der Waals surface area contributed by atoms with Gasteiger partial charge in [-0.1, -0.05) is 53.6 Å². The molecule has 1 amide bonds. The number of carbonyl (C=O) groups excluding carboxylic acids is 1. The van der Waals surface area contributed by atoms with Gasteiger partial charge in [-0.2, -0.15) is 0 Å². The summed E-state index contributed by atoms with van der Waals surface area (Å²) in [6.07, 6.45) is 0.122. The second-order valence-electron chi connectivity index (χ2n) is 6.22. The molecule has 1 aromatic heterocycles. The Labute approximate surface area is 162 Å². The smallest absolute Gasteiger partial charge is 0.221 e. The average Bonchev–Trinajstić information content (AvgIpc) is 2.85. The van der Waals surface area contributed by atoms with Gasteiger partial charge in [0, 0.05) is 16.6 Å². The minimum atomic E-state index is -0.401. The van der Waals surface area contributed by atoms with Gasteiger partial charge in [0.25, 0.3) is 0 Å². The molecule has 0 aliphatic carbocycles. The highest BCUT2D eigenvalue weighted by molar-refractivity contribution is 7.80. The van der Waals surface area contributed by atoms with Crippen molar-refractivity contribution in [3.8, 4) is 5.75 Å².